The Morgan fingerprint density at radius 1 is 1.14 bits per heavy atom. The van der Waals surface area contributed by atoms with Crippen LogP contribution in [0.2, 0.25) is 5.02 Å². The maximum atomic E-state index is 13.0. The number of benzene rings is 1. The fourth-order valence-electron chi connectivity index (χ4n) is 4.41. The lowest BCUT2D eigenvalue weighted by atomic mass is 10.1. The predicted molar refractivity (Wildman–Crippen MR) is 120 cm³/mol. The van der Waals surface area contributed by atoms with Gasteiger partial charge in [-0.1, -0.05) is 17.7 Å². The number of Topliss-reactive ketones (excluding diaryl/α,β-unsaturated/α-hetero) is 1. The highest BCUT2D eigenvalue weighted by Crippen LogP contribution is 2.26. The molecule has 158 valence electrons. The molecule has 1 aliphatic rings. The minimum Gasteiger partial charge on any atom is -0.383 e. The van der Waals surface area contributed by atoms with Crippen molar-refractivity contribution in [2.75, 3.05) is 51.3 Å². The Hall–Kier alpha value is -1.82. The Bertz CT molecular complexity index is 869. The monoisotopic (exact) mass is 417 g/mol. The maximum Gasteiger partial charge on any atom is 0.178 e. The highest BCUT2D eigenvalue weighted by molar-refractivity contribution is 6.30. The zero-order valence-corrected chi connectivity index (χ0v) is 18.9. The van der Waals surface area contributed by atoms with E-state index in [9.17, 15) is 4.79 Å². The van der Waals surface area contributed by atoms with Gasteiger partial charge in [0, 0.05) is 61.0 Å². The fraction of sp³-hybridized carbons (Fsp3) is 0.522. The first-order valence-electron chi connectivity index (χ1n) is 10.3. The molecule has 0 radical (unpaired) electrons. The van der Waals surface area contributed by atoms with Crippen molar-refractivity contribution in [3.8, 4) is 0 Å². The molecular formula is C23H32ClN3O2. The van der Waals surface area contributed by atoms with E-state index < -0.39 is 0 Å². The number of ether oxygens (including phenoxy) is 1. The summed E-state index contributed by atoms with van der Waals surface area (Å²) in [5.74, 6) is 0.196. The van der Waals surface area contributed by atoms with Gasteiger partial charge in [0.2, 0.25) is 0 Å². The number of aromatic nitrogens is 1. The van der Waals surface area contributed by atoms with E-state index >= 15 is 0 Å². The van der Waals surface area contributed by atoms with E-state index in [1.807, 2.05) is 25.1 Å². The number of nitrogens with zero attached hydrogens (tertiary/aromatic N) is 3. The van der Waals surface area contributed by atoms with Crippen LogP contribution in [0.1, 0.15) is 40.3 Å². The van der Waals surface area contributed by atoms with Gasteiger partial charge < -0.3 is 14.2 Å². The number of rotatable bonds is 7. The molecule has 0 unspecified atom stereocenters. The van der Waals surface area contributed by atoms with Crippen molar-refractivity contribution in [3.05, 3.63) is 51.8 Å². The number of halogens is 1. The lowest BCUT2D eigenvalue weighted by molar-refractivity contribution is 0.0925. The molecule has 1 aromatic carbocycles. The summed E-state index contributed by atoms with van der Waals surface area (Å²) < 4.78 is 7.50. The number of anilines is 1. The maximum absolute atomic E-state index is 13.0. The summed E-state index contributed by atoms with van der Waals surface area (Å²) >= 11 is 6.18. The van der Waals surface area contributed by atoms with Crippen LogP contribution >= 0.6 is 11.6 Å². The Labute approximate surface area is 179 Å². The van der Waals surface area contributed by atoms with Crippen molar-refractivity contribution in [2.45, 2.75) is 33.7 Å². The molecule has 0 bridgehead atoms. The molecule has 0 spiro atoms. The van der Waals surface area contributed by atoms with Gasteiger partial charge in [-0.05, 0) is 51.5 Å². The largest absolute Gasteiger partial charge is 0.383 e. The summed E-state index contributed by atoms with van der Waals surface area (Å²) in [5.41, 5.74) is 5.40. The van der Waals surface area contributed by atoms with Gasteiger partial charge in [-0.2, -0.15) is 0 Å². The summed E-state index contributed by atoms with van der Waals surface area (Å²) in [7, 11) is 1.71. The van der Waals surface area contributed by atoms with E-state index in [1.54, 1.807) is 7.11 Å². The third-order valence-electron chi connectivity index (χ3n) is 5.88. The number of piperazine rings is 1. The second-order valence-corrected chi connectivity index (χ2v) is 8.51. The van der Waals surface area contributed by atoms with Gasteiger partial charge in [-0.25, -0.2) is 0 Å². The summed E-state index contributed by atoms with van der Waals surface area (Å²) in [5, 5.41) is 0.765. The van der Waals surface area contributed by atoms with E-state index in [-0.39, 0.29) is 11.8 Å². The summed E-state index contributed by atoms with van der Waals surface area (Å²) in [6.45, 7) is 13.0. The molecule has 0 saturated carbocycles. The zero-order chi connectivity index (χ0) is 21.1. The molecule has 2 aromatic rings. The highest BCUT2D eigenvalue weighted by Gasteiger charge is 2.24. The topological polar surface area (TPSA) is 37.7 Å². The number of hydrogen-bond acceptors (Lipinski definition) is 4. The molecule has 0 amide bonds. The van der Waals surface area contributed by atoms with E-state index in [1.165, 1.54) is 11.3 Å². The summed E-state index contributed by atoms with van der Waals surface area (Å²) in [6, 6.07) is 8.27. The molecule has 29 heavy (non-hydrogen) atoms. The molecule has 5 nitrogen and oxygen atoms in total. The second kappa shape index (κ2) is 9.33. The van der Waals surface area contributed by atoms with Crippen LogP contribution in [0.4, 0.5) is 5.69 Å². The van der Waals surface area contributed by atoms with E-state index in [2.05, 4.69) is 41.2 Å². The molecular weight excluding hydrogens is 386 g/mol. The van der Waals surface area contributed by atoms with E-state index in [0.29, 0.717) is 13.2 Å². The smallest absolute Gasteiger partial charge is 0.178 e. The lowest BCUT2D eigenvalue weighted by Gasteiger charge is -2.36. The van der Waals surface area contributed by atoms with Gasteiger partial charge in [0.05, 0.1) is 19.2 Å². The van der Waals surface area contributed by atoms with Crippen LogP contribution in [0, 0.1) is 20.8 Å². The van der Waals surface area contributed by atoms with Crippen molar-refractivity contribution >= 4 is 23.1 Å². The second-order valence-electron chi connectivity index (χ2n) is 8.08. The molecule has 0 aliphatic carbocycles. The van der Waals surface area contributed by atoms with Crippen molar-refractivity contribution in [1.82, 2.24) is 9.47 Å². The van der Waals surface area contributed by atoms with Crippen molar-refractivity contribution in [2.24, 2.45) is 0 Å². The minimum atomic E-state index is 0.196. The average Bonchev–Trinajstić information content (AvgIpc) is 2.99. The number of hydrogen-bond donors (Lipinski definition) is 0. The van der Waals surface area contributed by atoms with Crippen LogP contribution < -0.4 is 4.90 Å². The quantitative estimate of drug-likeness (QED) is 0.630. The fourth-order valence-corrected chi connectivity index (χ4v) is 4.58. The van der Waals surface area contributed by atoms with Crippen molar-refractivity contribution in [3.63, 3.8) is 0 Å². The first-order valence-corrected chi connectivity index (χ1v) is 10.6. The van der Waals surface area contributed by atoms with Gasteiger partial charge >= 0.3 is 0 Å². The molecule has 3 rings (SSSR count). The molecule has 1 saturated heterocycles. The Morgan fingerprint density at radius 2 is 1.83 bits per heavy atom. The normalized spacial score (nSPS) is 16.3. The minimum absolute atomic E-state index is 0.196. The van der Waals surface area contributed by atoms with Gasteiger partial charge in [0.1, 0.15) is 0 Å². The molecule has 0 N–H and O–H groups in total. The van der Waals surface area contributed by atoms with Crippen molar-refractivity contribution < 1.29 is 9.53 Å². The van der Waals surface area contributed by atoms with Gasteiger partial charge in [-0.3, -0.25) is 9.69 Å². The molecule has 1 fully saturated rings. The summed E-state index contributed by atoms with van der Waals surface area (Å²) in [4.78, 5) is 17.6. The van der Waals surface area contributed by atoms with Crippen LogP contribution in [-0.2, 0) is 4.74 Å². The molecule has 1 aromatic heterocycles. The van der Waals surface area contributed by atoms with Crippen molar-refractivity contribution in [1.29, 1.82) is 0 Å². The third kappa shape index (κ3) is 4.85. The van der Waals surface area contributed by atoms with E-state index in [4.69, 9.17) is 16.3 Å². The Kier molecular flexibility index (Phi) is 7.04. The molecule has 6 heteroatoms. The first-order chi connectivity index (χ1) is 13.8. The van der Waals surface area contributed by atoms with Gasteiger partial charge in [0.25, 0.3) is 0 Å². The van der Waals surface area contributed by atoms with Crippen LogP contribution in [0.15, 0.2) is 24.3 Å². The van der Waals surface area contributed by atoms with Crippen LogP contribution in [0.5, 0.6) is 0 Å². The number of ketones is 1. The predicted octanol–water partition coefficient (Wildman–Crippen LogP) is 4.28. The standard InChI is InChI=1S/C23H32ClN3O2/c1-16-6-7-20(24)13-22(16)26-10-8-25(9-11-26)14-23(28)21-12-17(2)27(19(21)4)18(3)15-29-5/h6-7,12-13,18H,8-11,14-15H2,1-5H3/t18-/m1/s1. The molecule has 2 heterocycles. The Morgan fingerprint density at radius 3 is 2.48 bits per heavy atom. The summed E-state index contributed by atoms with van der Waals surface area (Å²) in [6.07, 6.45) is 0. The Balaban J connectivity index is 1.63. The van der Waals surface area contributed by atoms with Crippen LogP contribution in [0.3, 0.4) is 0 Å². The zero-order valence-electron chi connectivity index (χ0n) is 18.2. The first kappa shape index (κ1) is 21.9. The van der Waals surface area contributed by atoms with Gasteiger partial charge in [-0.15, -0.1) is 0 Å². The van der Waals surface area contributed by atoms with E-state index in [0.717, 1.165) is 48.2 Å². The number of aryl methyl sites for hydroxylation is 2. The van der Waals surface area contributed by atoms with Gasteiger partial charge in [0.15, 0.2) is 5.78 Å². The van der Waals surface area contributed by atoms with Crippen LogP contribution in [-0.4, -0.2) is 61.7 Å². The highest BCUT2D eigenvalue weighted by atomic mass is 35.5. The average molecular weight is 418 g/mol. The molecule has 1 atom stereocenters. The molecule has 1 aliphatic heterocycles. The third-order valence-corrected chi connectivity index (χ3v) is 6.12. The van der Waals surface area contributed by atoms with Crippen LogP contribution in [0.25, 0.3) is 0 Å². The number of methoxy groups -OCH3 is 1. The number of carbonyl (C=O) groups excluding carboxylic acids is 1. The SMILES string of the molecule is COC[C@@H](C)n1c(C)cc(C(=O)CN2CCN(c3cc(Cl)ccc3C)CC2)c1C. The number of carbonyl (C=O) groups is 1. The lowest BCUT2D eigenvalue weighted by Crippen LogP contribution is -2.48.